The van der Waals surface area contributed by atoms with Gasteiger partial charge in [0, 0.05) is 19.0 Å². The standard InChI is InChI=1S/C16H17N5O3S/c22-13-8-7-11(19-20-13)16(23)17-9-3-1-2-6-14-18-15(21-24-14)12-5-4-10-25-12/h4-5,7-8,10H,1-3,6,9H2,(H,17,23)(H,20,22). The molecule has 3 aromatic rings. The summed E-state index contributed by atoms with van der Waals surface area (Å²) >= 11 is 1.58. The molecule has 3 heterocycles. The molecule has 0 fully saturated rings. The number of unbranched alkanes of at least 4 members (excludes halogenated alkanes) is 2. The van der Waals surface area contributed by atoms with Crippen LogP contribution in [-0.4, -0.2) is 32.8 Å². The van der Waals surface area contributed by atoms with Gasteiger partial charge in [-0.05, 0) is 30.4 Å². The van der Waals surface area contributed by atoms with Crippen LogP contribution in [0.3, 0.4) is 0 Å². The number of aryl methyl sites for hydroxylation is 1. The number of aromatic nitrogens is 4. The molecule has 0 aliphatic rings. The molecule has 9 heteroatoms. The zero-order valence-corrected chi connectivity index (χ0v) is 14.2. The number of rotatable bonds is 8. The van der Waals surface area contributed by atoms with Crippen molar-refractivity contribution < 1.29 is 9.32 Å². The third-order valence-electron chi connectivity index (χ3n) is 3.47. The lowest BCUT2D eigenvalue weighted by Crippen LogP contribution is -2.26. The Morgan fingerprint density at radius 1 is 1.24 bits per heavy atom. The molecule has 0 aliphatic heterocycles. The van der Waals surface area contributed by atoms with Crippen LogP contribution >= 0.6 is 11.3 Å². The minimum Gasteiger partial charge on any atom is -0.351 e. The summed E-state index contributed by atoms with van der Waals surface area (Å²) in [5.74, 6) is 0.962. The number of hydrogen-bond acceptors (Lipinski definition) is 7. The summed E-state index contributed by atoms with van der Waals surface area (Å²) in [5.41, 5.74) is -0.133. The fourth-order valence-corrected chi connectivity index (χ4v) is 2.85. The van der Waals surface area contributed by atoms with E-state index in [0.29, 0.717) is 24.7 Å². The van der Waals surface area contributed by atoms with Gasteiger partial charge in [0.25, 0.3) is 11.5 Å². The van der Waals surface area contributed by atoms with Crippen molar-refractivity contribution in [1.82, 2.24) is 25.7 Å². The minimum absolute atomic E-state index is 0.201. The summed E-state index contributed by atoms with van der Waals surface area (Å²) in [6, 6.07) is 6.58. The Kier molecular flexibility index (Phi) is 5.68. The molecule has 2 N–H and O–H groups in total. The van der Waals surface area contributed by atoms with Crippen LogP contribution < -0.4 is 10.9 Å². The Morgan fingerprint density at radius 2 is 2.16 bits per heavy atom. The zero-order valence-electron chi connectivity index (χ0n) is 13.4. The molecule has 130 valence electrons. The van der Waals surface area contributed by atoms with Gasteiger partial charge in [0.2, 0.25) is 11.7 Å². The first-order valence-electron chi connectivity index (χ1n) is 7.93. The number of carbonyl (C=O) groups excluding carboxylic acids is 1. The van der Waals surface area contributed by atoms with Gasteiger partial charge >= 0.3 is 0 Å². The van der Waals surface area contributed by atoms with E-state index in [-0.39, 0.29) is 17.2 Å². The Hall–Kier alpha value is -2.81. The molecular weight excluding hydrogens is 342 g/mol. The lowest BCUT2D eigenvalue weighted by Gasteiger charge is -2.03. The Morgan fingerprint density at radius 3 is 2.92 bits per heavy atom. The van der Waals surface area contributed by atoms with Crippen molar-refractivity contribution in [2.45, 2.75) is 25.7 Å². The van der Waals surface area contributed by atoms with Gasteiger partial charge in [-0.1, -0.05) is 17.6 Å². The van der Waals surface area contributed by atoms with Crippen LogP contribution in [0, 0.1) is 0 Å². The minimum atomic E-state index is -0.334. The fraction of sp³-hybridized carbons (Fsp3) is 0.312. The number of nitrogens with one attached hydrogen (secondary N) is 2. The fourth-order valence-electron chi connectivity index (χ4n) is 2.20. The van der Waals surface area contributed by atoms with E-state index in [2.05, 4.69) is 25.7 Å². The smallest absolute Gasteiger partial charge is 0.271 e. The van der Waals surface area contributed by atoms with Crippen molar-refractivity contribution in [2.75, 3.05) is 6.54 Å². The molecule has 3 rings (SSSR count). The first kappa shape index (κ1) is 17.0. The van der Waals surface area contributed by atoms with Crippen molar-refractivity contribution in [3.8, 4) is 10.7 Å². The van der Waals surface area contributed by atoms with Crippen molar-refractivity contribution in [2.24, 2.45) is 0 Å². The maximum absolute atomic E-state index is 11.8. The third kappa shape index (κ3) is 4.83. The average Bonchev–Trinajstić information content (AvgIpc) is 3.29. The van der Waals surface area contributed by atoms with Gasteiger partial charge in [-0.15, -0.1) is 11.3 Å². The predicted octanol–water partition coefficient (Wildman–Crippen LogP) is 2.02. The zero-order chi connectivity index (χ0) is 17.5. The van der Waals surface area contributed by atoms with Gasteiger partial charge in [-0.25, -0.2) is 5.10 Å². The van der Waals surface area contributed by atoms with Crippen molar-refractivity contribution in [3.63, 3.8) is 0 Å². The van der Waals surface area contributed by atoms with Gasteiger partial charge in [-0.3, -0.25) is 9.59 Å². The topological polar surface area (TPSA) is 114 Å². The van der Waals surface area contributed by atoms with Crippen LogP contribution in [0.15, 0.2) is 39.0 Å². The molecule has 0 unspecified atom stereocenters. The molecule has 0 aliphatic carbocycles. The normalized spacial score (nSPS) is 10.7. The average molecular weight is 359 g/mol. The summed E-state index contributed by atoms with van der Waals surface area (Å²) < 4.78 is 5.24. The largest absolute Gasteiger partial charge is 0.351 e. The van der Waals surface area contributed by atoms with E-state index >= 15 is 0 Å². The highest BCUT2D eigenvalue weighted by Gasteiger charge is 2.09. The van der Waals surface area contributed by atoms with Crippen molar-refractivity contribution >= 4 is 17.2 Å². The summed E-state index contributed by atoms with van der Waals surface area (Å²) in [7, 11) is 0. The maximum Gasteiger partial charge on any atom is 0.271 e. The molecule has 3 aromatic heterocycles. The van der Waals surface area contributed by atoms with Crippen LogP contribution in [0.25, 0.3) is 10.7 Å². The van der Waals surface area contributed by atoms with Crippen molar-refractivity contribution in [1.29, 1.82) is 0 Å². The van der Waals surface area contributed by atoms with Crippen LogP contribution in [0.5, 0.6) is 0 Å². The SMILES string of the molecule is O=C(NCCCCCc1nc(-c2cccs2)no1)c1ccc(=O)[nH]n1. The predicted molar refractivity (Wildman–Crippen MR) is 92.4 cm³/mol. The number of H-pyrrole nitrogens is 1. The highest BCUT2D eigenvalue weighted by molar-refractivity contribution is 7.13. The van der Waals surface area contributed by atoms with E-state index in [1.54, 1.807) is 11.3 Å². The van der Waals surface area contributed by atoms with Crippen LogP contribution in [0.4, 0.5) is 0 Å². The van der Waals surface area contributed by atoms with E-state index in [1.807, 2.05) is 17.5 Å². The van der Waals surface area contributed by atoms with Crippen LogP contribution in [-0.2, 0) is 6.42 Å². The molecule has 0 bridgehead atoms. The van der Waals surface area contributed by atoms with E-state index < -0.39 is 0 Å². The highest BCUT2D eigenvalue weighted by Crippen LogP contribution is 2.21. The highest BCUT2D eigenvalue weighted by atomic mass is 32.1. The monoisotopic (exact) mass is 359 g/mol. The van der Waals surface area contributed by atoms with Gasteiger partial charge in [0.1, 0.15) is 5.69 Å². The quantitative estimate of drug-likeness (QED) is 0.595. The molecule has 0 spiro atoms. The number of amides is 1. The second-order valence-corrected chi connectivity index (χ2v) is 6.31. The second kappa shape index (κ2) is 8.34. The number of carbonyl (C=O) groups is 1. The number of aromatic amines is 1. The molecule has 0 radical (unpaired) electrons. The van der Waals surface area contributed by atoms with Gasteiger partial charge in [0.05, 0.1) is 4.88 Å². The molecular formula is C16H17N5O3S. The number of nitrogens with zero attached hydrogens (tertiary/aromatic N) is 3. The Balaban J connectivity index is 1.33. The molecule has 0 saturated carbocycles. The van der Waals surface area contributed by atoms with E-state index in [9.17, 15) is 9.59 Å². The van der Waals surface area contributed by atoms with E-state index in [0.717, 1.165) is 24.1 Å². The second-order valence-electron chi connectivity index (χ2n) is 5.36. The number of hydrogen-bond donors (Lipinski definition) is 2. The molecule has 1 amide bonds. The first-order chi connectivity index (χ1) is 12.2. The van der Waals surface area contributed by atoms with Crippen molar-refractivity contribution in [3.05, 3.63) is 51.6 Å². The molecule has 8 nitrogen and oxygen atoms in total. The van der Waals surface area contributed by atoms with Gasteiger partial charge in [-0.2, -0.15) is 10.1 Å². The van der Waals surface area contributed by atoms with E-state index in [1.165, 1.54) is 12.1 Å². The molecule has 0 saturated heterocycles. The van der Waals surface area contributed by atoms with Gasteiger partial charge in [0.15, 0.2) is 0 Å². The summed E-state index contributed by atoms with van der Waals surface area (Å²) in [5, 5.41) is 14.6. The Labute approximate surface area is 147 Å². The molecule has 25 heavy (non-hydrogen) atoms. The van der Waals surface area contributed by atoms with Crippen LogP contribution in [0.1, 0.15) is 35.6 Å². The first-order valence-corrected chi connectivity index (χ1v) is 8.81. The van der Waals surface area contributed by atoms with E-state index in [4.69, 9.17) is 4.52 Å². The molecule has 0 aromatic carbocycles. The maximum atomic E-state index is 11.8. The lowest BCUT2D eigenvalue weighted by molar-refractivity contribution is 0.0947. The Bertz CT molecular complexity index is 852. The van der Waals surface area contributed by atoms with Crippen LogP contribution in [0.2, 0.25) is 0 Å². The number of thiophene rings is 1. The summed E-state index contributed by atoms with van der Waals surface area (Å²) in [4.78, 5) is 28.1. The van der Waals surface area contributed by atoms with Gasteiger partial charge < -0.3 is 9.84 Å². The lowest BCUT2D eigenvalue weighted by atomic mass is 10.2. The molecule has 0 atom stereocenters. The summed E-state index contributed by atoms with van der Waals surface area (Å²) in [6.07, 6.45) is 3.38. The third-order valence-corrected chi connectivity index (χ3v) is 4.34. The summed E-state index contributed by atoms with van der Waals surface area (Å²) in [6.45, 7) is 0.546.